The van der Waals surface area contributed by atoms with Crippen LogP contribution in [0.3, 0.4) is 0 Å². The molecular formula is C46H70N2Se4Si2. The minimum atomic E-state index is -1.88. The zero-order valence-corrected chi connectivity index (χ0v) is 44.6. The Morgan fingerprint density at radius 3 is 1.04 bits per heavy atom. The maximum absolute atomic E-state index is 4.34. The van der Waals surface area contributed by atoms with Crippen molar-refractivity contribution < 1.29 is 9.15 Å². The van der Waals surface area contributed by atoms with E-state index in [4.69, 9.17) is 0 Å². The molecule has 2 aromatic carbocycles. The summed E-state index contributed by atoms with van der Waals surface area (Å²) in [7, 11) is 0. The molecule has 1 saturated heterocycles. The van der Waals surface area contributed by atoms with Gasteiger partial charge >= 0.3 is 361 Å². The fourth-order valence-corrected chi connectivity index (χ4v) is 218. The summed E-state index contributed by atoms with van der Waals surface area (Å²) < 4.78 is 2.48. The van der Waals surface area contributed by atoms with Crippen molar-refractivity contribution in [3.63, 3.8) is 0 Å². The molecule has 54 heavy (non-hydrogen) atoms. The summed E-state index contributed by atoms with van der Waals surface area (Å²) >= 11 is 9.92. The molecule has 7 rings (SSSR count). The molecule has 2 spiro atoms. The molecule has 0 unspecified atom stereocenters. The van der Waals surface area contributed by atoms with Crippen LogP contribution in [0.25, 0.3) is 0 Å². The van der Waals surface area contributed by atoms with Gasteiger partial charge in [0.05, 0.1) is 0 Å². The number of hydrogen-bond donors (Lipinski definition) is 0. The van der Waals surface area contributed by atoms with Crippen molar-refractivity contribution in [3.8, 4) is 0 Å². The van der Waals surface area contributed by atoms with Crippen LogP contribution < -0.4 is 0 Å². The summed E-state index contributed by atoms with van der Waals surface area (Å²) in [5, 5.41) is 4.00. The average Bonchev–Trinajstić information content (AvgIpc) is 3.45. The van der Waals surface area contributed by atoms with Crippen LogP contribution in [0.1, 0.15) is 206 Å². The predicted octanol–water partition coefficient (Wildman–Crippen LogP) is 11.0. The van der Waals surface area contributed by atoms with Gasteiger partial charge in [0.2, 0.25) is 0 Å². The Labute approximate surface area is 358 Å². The quantitative estimate of drug-likeness (QED) is 0.184. The standard InChI is InChI=1S/C46H70N2Se4Si2/c1-31(2)35-21-19-22-36(32(3)4)39(35)47-41(45(29-43(47,9)10)25-15-13-16-26-45)53(49)51-54(50,52-53)42-46(27-17-14-18-28-46)30-44(11,12)48(42)40-37(33(5)6)23-20-24-38(40)34(7)8/h19-24,31-34H,13-18,25-30H2,1-12H3. The van der Waals surface area contributed by atoms with E-state index in [1.807, 2.05) is 10.7 Å². The molecule has 0 bridgehead atoms. The third-order valence-electron chi connectivity index (χ3n) is 14.1. The molecule has 5 aliphatic rings. The molecule has 2 aromatic rings. The molecule has 8 heteroatoms. The van der Waals surface area contributed by atoms with Gasteiger partial charge < -0.3 is 0 Å². The molecule has 0 N–H and O–H groups in total. The monoisotopic (exact) mass is 1030 g/mol. The Morgan fingerprint density at radius 1 is 0.500 bits per heavy atom. The first kappa shape index (κ1) is 42.4. The molecule has 3 heterocycles. The van der Waals surface area contributed by atoms with Gasteiger partial charge in [-0.05, 0) is 0 Å². The van der Waals surface area contributed by atoms with Crippen molar-refractivity contribution >= 4 is 87.9 Å². The first-order valence-corrected chi connectivity index (χ1v) is 40.5. The van der Waals surface area contributed by atoms with Crippen molar-refractivity contribution in [1.29, 1.82) is 0 Å². The van der Waals surface area contributed by atoms with Gasteiger partial charge in [0.25, 0.3) is 0 Å². The van der Waals surface area contributed by atoms with Gasteiger partial charge in [0.15, 0.2) is 0 Å². The van der Waals surface area contributed by atoms with Crippen LogP contribution in [-0.4, -0.2) is 96.8 Å². The Bertz CT molecular complexity index is 1650. The molecular weight excluding hydrogens is 953 g/mol. The van der Waals surface area contributed by atoms with Gasteiger partial charge in [-0.25, -0.2) is 0 Å². The van der Waals surface area contributed by atoms with Crippen molar-refractivity contribution in [3.05, 3.63) is 58.7 Å². The summed E-state index contributed by atoms with van der Waals surface area (Å²) in [6.45, 7) is 30.1. The Hall–Kier alpha value is 0.292. The van der Waals surface area contributed by atoms with Gasteiger partial charge in [-0.2, -0.15) is 0 Å². The fraction of sp³-hybridized carbons (Fsp3) is 0.696. The van der Waals surface area contributed by atoms with E-state index in [9.17, 15) is 0 Å². The summed E-state index contributed by atoms with van der Waals surface area (Å²) in [6, 6.07) is 14.7. The van der Waals surface area contributed by atoms with E-state index < -0.39 is 7.78 Å². The molecule has 0 amide bonds. The van der Waals surface area contributed by atoms with Crippen LogP contribution in [0, 0.1) is 10.8 Å². The van der Waals surface area contributed by atoms with Gasteiger partial charge in [-0.1, -0.05) is 0 Å². The van der Waals surface area contributed by atoms with Gasteiger partial charge in [-0.15, -0.1) is 0 Å². The molecule has 3 aliphatic heterocycles. The number of benzene rings is 2. The van der Waals surface area contributed by atoms with Crippen LogP contribution >= 0.6 is 0 Å². The van der Waals surface area contributed by atoms with E-state index in [1.165, 1.54) is 77.0 Å². The van der Waals surface area contributed by atoms with Gasteiger partial charge in [-0.3, -0.25) is 0 Å². The molecule has 2 nitrogen and oxygen atoms in total. The normalized spacial score (nSPS) is 28.8. The fourth-order valence-electron chi connectivity index (χ4n) is 12.2. The van der Waals surface area contributed by atoms with Crippen LogP contribution in [0.4, 0.5) is 11.4 Å². The SMILES string of the molecule is CC(C)c1cccc(C(C)C)c1[N+]1=C([Si]2([Se-])[Se][Si]([Se-])(C3=[N+](c4c(C(C)C)cccc4C(C)C)C(C)(C)CC34CCCCC4)[Se]2)C2(CCCCC2)CC1(C)C. The predicted molar refractivity (Wildman–Crippen MR) is 242 cm³/mol. The number of hydrogen-bond acceptors (Lipinski definition) is 0. The number of nitrogens with zero attached hydrogens (tertiary/aromatic N) is 2. The van der Waals surface area contributed by atoms with Gasteiger partial charge in [0, 0.05) is 0 Å². The second-order valence-corrected chi connectivity index (χ2v) is 79.8. The summed E-state index contributed by atoms with van der Waals surface area (Å²) in [5.41, 5.74) is 10.5. The molecule has 0 aromatic heterocycles. The zero-order valence-electron chi connectivity index (χ0n) is 35.8. The summed E-state index contributed by atoms with van der Waals surface area (Å²) in [5.74, 6) is 2.04. The Balaban J connectivity index is 1.49. The van der Waals surface area contributed by atoms with E-state index in [0.29, 0.717) is 61.9 Å². The molecule has 296 valence electrons. The van der Waals surface area contributed by atoms with E-state index in [1.54, 1.807) is 33.6 Å². The van der Waals surface area contributed by atoms with Gasteiger partial charge in [0.1, 0.15) is 0 Å². The molecule has 0 atom stereocenters. The number of para-hydroxylation sites is 2. The van der Waals surface area contributed by atoms with Crippen LogP contribution in [0.2, 0.25) is 0 Å². The minimum absolute atomic E-state index is 0.121. The second kappa shape index (κ2) is 15.1. The topological polar surface area (TPSA) is 6.02 Å². The Kier molecular flexibility index (Phi) is 11.8. The van der Waals surface area contributed by atoms with E-state index >= 15 is 0 Å². The first-order valence-electron chi connectivity index (χ1n) is 21.7. The van der Waals surface area contributed by atoms with E-state index in [2.05, 4.69) is 159 Å². The third kappa shape index (κ3) is 6.99. The van der Waals surface area contributed by atoms with Crippen molar-refractivity contribution in [2.45, 2.75) is 195 Å². The maximum atomic E-state index is 4.34. The summed E-state index contributed by atoms with van der Waals surface area (Å²) in [4.78, 5) is 0. The number of rotatable bonds is 8. The Morgan fingerprint density at radius 2 is 0.778 bits per heavy atom. The van der Waals surface area contributed by atoms with Crippen molar-refractivity contribution in [1.82, 2.24) is 0 Å². The molecule has 2 aliphatic carbocycles. The second-order valence-electron chi connectivity index (χ2n) is 20.5. The molecule has 0 radical (unpaired) electrons. The zero-order chi connectivity index (χ0) is 39.2. The summed E-state index contributed by atoms with van der Waals surface area (Å²) in [6.07, 6.45) is 16.8. The van der Waals surface area contributed by atoms with Crippen LogP contribution in [-0.2, 0) is 0 Å². The molecule has 3 fully saturated rings. The van der Waals surface area contributed by atoms with E-state index in [0.717, 1.165) is 0 Å². The van der Waals surface area contributed by atoms with Crippen molar-refractivity contribution in [2.75, 3.05) is 0 Å². The average molecular weight is 1020 g/mol. The van der Waals surface area contributed by atoms with E-state index in [-0.39, 0.29) is 11.1 Å². The van der Waals surface area contributed by atoms with Crippen molar-refractivity contribution in [2.24, 2.45) is 10.8 Å². The van der Waals surface area contributed by atoms with Crippen LogP contribution in [0.15, 0.2) is 36.4 Å². The third-order valence-corrected chi connectivity index (χ3v) is 114. The first-order chi connectivity index (χ1) is 25.2. The van der Waals surface area contributed by atoms with Crippen LogP contribution in [0.5, 0.6) is 0 Å². The molecule has 2 saturated carbocycles.